The average Bonchev–Trinajstić information content (AvgIpc) is 2.48. The Labute approximate surface area is 121 Å². The Bertz CT molecular complexity index is 543. The summed E-state index contributed by atoms with van der Waals surface area (Å²) in [6.07, 6.45) is 2.28. The SMILES string of the molecule is O=C(O)c1ccc(SCCCOc2ccccc2)nc1. The maximum Gasteiger partial charge on any atom is 0.337 e. The van der Waals surface area contributed by atoms with Crippen LogP contribution in [0.4, 0.5) is 0 Å². The summed E-state index contributed by atoms with van der Waals surface area (Å²) >= 11 is 1.59. The second-order valence-corrected chi connectivity index (χ2v) is 5.17. The third-order valence-electron chi connectivity index (χ3n) is 2.53. The highest BCUT2D eigenvalue weighted by atomic mass is 32.2. The van der Waals surface area contributed by atoms with E-state index in [2.05, 4.69) is 4.98 Å². The van der Waals surface area contributed by atoms with E-state index in [0.29, 0.717) is 6.61 Å². The minimum atomic E-state index is -0.953. The molecule has 20 heavy (non-hydrogen) atoms. The summed E-state index contributed by atoms with van der Waals surface area (Å²) < 4.78 is 5.58. The number of benzene rings is 1. The molecule has 0 bridgehead atoms. The predicted molar refractivity (Wildman–Crippen MR) is 78.5 cm³/mol. The quantitative estimate of drug-likeness (QED) is 0.625. The second kappa shape index (κ2) is 7.55. The van der Waals surface area contributed by atoms with Crippen molar-refractivity contribution in [2.24, 2.45) is 0 Å². The fourth-order valence-electron chi connectivity index (χ4n) is 1.53. The number of thioether (sulfide) groups is 1. The molecule has 0 amide bonds. The topological polar surface area (TPSA) is 59.4 Å². The van der Waals surface area contributed by atoms with Gasteiger partial charge in [0.15, 0.2) is 0 Å². The molecule has 0 saturated carbocycles. The third-order valence-corrected chi connectivity index (χ3v) is 3.56. The number of para-hydroxylation sites is 1. The minimum Gasteiger partial charge on any atom is -0.494 e. The number of carbonyl (C=O) groups is 1. The summed E-state index contributed by atoms with van der Waals surface area (Å²) in [6, 6.07) is 13.0. The number of carboxylic acids is 1. The van der Waals surface area contributed by atoms with Crippen LogP contribution in [0, 0.1) is 0 Å². The van der Waals surface area contributed by atoms with Crippen LogP contribution in [-0.4, -0.2) is 28.4 Å². The number of hydrogen-bond donors (Lipinski definition) is 1. The minimum absolute atomic E-state index is 0.210. The standard InChI is InChI=1S/C15H15NO3S/c17-15(18)12-7-8-14(16-11-12)20-10-4-9-19-13-5-2-1-3-6-13/h1-3,5-8,11H,4,9-10H2,(H,17,18). The number of aromatic nitrogens is 1. The van der Waals surface area contributed by atoms with Gasteiger partial charge in [-0.25, -0.2) is 9.78 Å². The largest absolute Gasteiger partial charge is 0.494 e. The summed E-state index contributed by atoms with van der Waals surface area (Å²) in [5.41, 5.74) is 0.210. The smallest absolute Gasteiger partial charge is 0.337 e. The maximum absolute atomic E-state index is 10.7. The number of pyridine rings is 1. The first-order valence-corrected chi connectivity index (χ1v) is 7.24. The highest BCUT2D eigenvalue weighted by molar-refractivity contribution is 7.99. The van der Waals surface area contributed by atoms with E-state index in [9.17, 15) is 4.79 Å². The number of nitrogens with zero attached hydrogens (tertiary/aromatic N) is 1. The van der Waals surface area contributed by atoms with E-state index in [1.54, 1.807) is 23.9 Å². The molecule has 5 heteroatoms. The van der Waals surface area contributed by atoms with Crippen molar-refractivity contribution in [2.75, 3.05) is 12.4 Å². The molecule has 4 nitrogen and oxygen atoms in total. The van der Waals surface area contributed by atoms with Gasteiger partial charge in [0, 0.05) is 11.9 Å². The number of carboxylic acid groups (broad SMARTS) is 1. The number of rotatable bonds is 7. The van der Waals surface area contributed by atoms with Crippen molar-refractivity contribution in [3.8, 4) is 5.75 Å². The monoisotopic (exact) mass is 289 g/mol. The lowest BCUT2D eigenvalue weighted by Gasteiger charge is -2.05. The molecule has 1 aromatic heterocycles. The molecule has 0 unspecified atom stereocenters. The average molecular weight is 289 g/mol. The van der Waals surface area contributed by atoms with Crippen LogP contribution in [0.1, 0.15) is 16.8 Å². The Morgan fingerprint density at radius 1 is 1.20 bits per heavy atom. The highest BCUT2D eigenvalue weighted by Gasteiger charge is 2.03. The van der Waals surface area contributed by atoms with E-state index in [1.807, 2.05) is 30.3 Å². The van der Waals surface area contributed by atoms with Gasteiger partial charge in [-0.3, -0.25) is 0 Å². The normalized spacial score (nSPS) is 10.2. The summed E-state index contributed by atoms with van der Waals surface area (Å²) in [6.45, 7) is 0.657. The molecule has 1 heterocycles. The van der Waals surface area contributed by atoms with Crippen LogP contribution >= 0.6 is 11.8 Å². The lowest BCUT2D eigenvalue weighted by molar-refractivity contribution is 0.0696. The van der Waals surface area contributed by atoms with Gasteiger partial charge in [0.05, 0.1) is 17.2 Å². The lowest BCUT2D eigenvalue weighted by Crippen LogP contribution is -1.99. The van der Waals surface area contributed by atoms with Crippen molar-refractivity contribution in [1.82, 2.24) is 4.98 Å². The van der Waals surface area contributed by atoms with Crippen molar-refractivity contribution in [2.45, 2.75) is 11.4 Å². The van der Waals surface area contributed by atoms with Crippen LogP contribution in [0.25, 0.3) is 0 Å². The number of ether oxygens (including phenoxy) is 1. The Morgan fingerprint density at radius 3 is 2.65 bits per heavy atom. The summed E-state index contributed by atoms with van der Waals surface area (Å²) in [5, 5.41) is 9.60. The maximum atomic E-state index is 10.7. The van der Waals surface area contributed by atoms with E-state index in [-0.39, 0.29) is 5.56 Å². The van der Waals surface area contributed by atoms with E-state index >= 15 is 0 Å². The van der Waals surface area contributed by atoms with E-state index < -0.39 is 5.97 Å². The molecule has 0 fully saturated rings. The van der Waals surface area contributed by atoms with Crippen LogP contribution in [0.2, 0.25) is 0 Å². The lowest BCUT2D eigenvalue weighted by atomic mass is 10.3. The molecule has 1 aromatic carbocycles. The third kappa shape index (κ3) is 4.59. The van der Waals surface area contributed by atoms with Gasteiger partial charge < -0.3 is 9.84 Å². The van der Waals surface area contributed by atoms with Crippen molar-refractivity contribution in [3.63, 3.8) is 0 Å². The first-order valence-electron chi connectivity index (χ1n) is 6.26. The van der Waals surface area contributed by atoms with Gasteiger partial charge in [-0.05, 0) is 30.7 Å². The summed E-state index contributed by atoms with van der Waals surface area (Å²) in [5.74, 6) is 0.804. The molecule has 2 aromatic rings. The van der Waals surface area contributed by atoms with Crippen molar-refractivity contribution in [1.29, 1.82) is 0 Å². The molecule has 0 radical (unpaired) electrons. The van der Waals surface area contributed by atoms with Crippen molar-refractivity contribution >= 4 is 17.7 Å². The molecule has 0 spiro atoms. The molecule has 0 saturated heterocycles. The second-order valence-electron chi connectivity index (χ2n) is 4.05. The molecular weight excluding hydrogens is 274 g/mol. The molecule has 0 aliphatic carbocycles. The van der Waals surface area contributed by atoms with Gasteiger partial charge in [-0.1, -0.05) is 18.2 Å². The zero-order chi connectivity index (χ0) is 14.2. The molecule has 0 aliphatic rings. The Balaban J connectivity index is 1.67. The molecule has 1 N–H and O–H groups in total. The zero-order valence-corrected chi connectivity index (χ0v) is 11.7. The molecule has 0 atom stereocenters. The van der Waals surface area contributed by atoms with Crippen LogP contribution in [0.15, 0.2) is 53.7 Å². The van der Waals surface area contributed by atoms with Gasteiger partial charge in [-0.15, -0.1) is 11.8 Å². The molecule has 2 rings (SSSR count). The van der Waals surface area contributed by atoms with Crippen LogP contribution in [-0.2, 0) is 0 Å². The van der Waals surface area contributed by atoms with E-state index in [1.165, 1.54) is 6.20 Å². The van der Waals surface area contributed by atoms with Gasteiger partial charge >= 0.3 is 5.97 Å². The van der Waals surface area contributed by atoms with Crippen molar-refractivity contribution < 1.29 is 14.6 Å². The van der Waals surface area contributed by atoms with Crippen molar-refractivity contribution in [3.05, 3.63) is 54.2 Å². The van der Waals surface area contributed by atoms with Crippen LogP contribution in [0.5, 0.6) is 5.75 Å². The van der Waals surface area contributed by atoms with Gasteiger partial charge in [0.25, 0.3) is 0 Å². The molecule has 104 valence electrons. The Hall–Kier alpha value is -2.01. The summed E-state index contributed by atoms with van der Waals surface area (Å²) in [7, 11) is 0. The van der Waals surface area contributed by atoms with Gasteiger partial charge in [-0.2, -0.15) is 0 Å². The number of hydrogen-bond acceptors (Lipinski definition) is 4. The first kappa shape index (κ1) is 14.4. The van der Waals surface area contributed by atoms with Crippen LogP contribution in [0.3, 0.4) is 0 Å². The molecule has 0 aliphatic heterocycles. The predicted octanol–water partition coefficient (Wildman–Crippen LogP) is 3.34. The fraction of sp³-hybridized carbons (Fsp3) is 0.200. The number of aromatic carboxylic acids is 1. The van der Waals surface area contributed by atoms with Gasteiger partial charge in [0.1, 0.15) is 5.75 Å². The van der Waals surface area contributed by atoms with E-state index in [4.69, 9.17) is 9.84 Å². The first-order chi connectivity index (χ1) is 9.75. The Kier molecular flexibility index (Phi) is 5.43. The Morgan fingerprint density at radius 2 is 2.00 bits per heavy atom. The zero-order valence-electron chi connectivity index (χ0n) is 10.9. The molecular formula is C15H15NO3S. The fourth-order valence-corrected chi connectivity index (χ4v) is 2.30. The highest BCUT2D eigenvalue weighted by Crippen LogP contribution is 2.17. The summed E-state index contributed by atoms with van der Waals surface area (Å²) in [4.78, 5) is 14.8. The van der Waals surface area contributed by atoms with Crippen LogP contribution < -0.4 is 4.74 Å². The van der Waals surface area contributed by atoms with Gasteiger partial charge in [0.2, 0.25) is 0 Å². The van der Waals surface area contributed by atoms with E-state index in [0.717, 1.165) is 22.9 Å².